The predicted octanol–water partition coefficient (Wildman–Crippen LogP) is 3.57. The van der Waals surface area contributed by atoms with Crippen molar-refractivity contribution in [3.63, 3.8) is 0 Å². The second-order valence-electron chi connectivity index (χ2n) is 9.19. The Bertz CT molecular complexity index is 1490. The van der Waals surface area contributed by atoms with Gasteiger partial charge in [0.15, 0.2) is 0 Å². The summed E-state index contributed by atoms with van der Waals surface area (Å²) in [6.07, 6.45) is 1.84. The summed E-state index contributed by atoms with van der Waals surface area (Å²) in [4.78, 5) is 21.0. The van der Waals surface area contributed by atoms with E-state index in [1.165, 1.54) is 52.8 Å². The quantitative estimate of drug-likeness (QED) is 0.464. The van der Waals surface area contributed by atoms with Gasteiger partial charge in [-0.1, -0.05) is 6.92 Å². The number of hydrogen-bond donors (Lipinski definition) is 2. The van der Waals surface area contributed by atoms with Gasteiger partial charge in [-0.3, -0.25) is 4.79 Å². The molecule has 2 N–H and O–H groups in total. The molecule has 2 heterocycles. The van der Waals surface area contributed by atoms with Crippen LogP contribution in [-0.2, 0) is 20.0 Å². The van der Waals surface area contributed by atoms with Gasteiger partial charge in [0.05, 0.1) is 9.79 Å². The standard InChI is InChI=1S/C25H29N5O5S2/c1-17-5-4-14-30(16-17)37(34,35)23-10-6-20(7-11-23)24(31)28-21-8-12-22(13-9-21)36(32,33)29-25-26-18(2)15-19(3)27-25/h6-13,15,17H,4-5,14,16H2,1-3H3,(H,28,31)(H,26,27,29)/t17-/m0/s1. The third kappa shape index (κ3) is 6.32. The fourth-order valence-corrected chi connectivity index (χ4v) is 6.71. The number of aromatic nitrogens is 2. The van der Waals surface area contributed by atoms with Gasteiger partial charge >= 0.3 is 0 Å². The van der Waals surface area contributed by atoms with Crippen LogP contribution in [0.2, 0.25) is 0 Å². The maximum Gasteiger partial charge on any atom is 0.264 e. The number of hydrogen-bond acceptors (Lipinski definition) is 7. The highest BCUT2D eigenvalue weighted by atomic mass is 32.2. The van der Waals surface area contributed by atoms with E-state index in [-0.39, 0.29) is 21.3 Å². The fourth-order valence-electron chi connectivity index (χ4n) is 4.16. The molecule has 1 atom stereocenters. The third-order valence-corrected chi connectivity index (χ3v) is 9.23. The Morgan fingerprint density at radius 2 is 1.51 bits per heavy atom. The third-order valence-electron chi connectivity index (χ3n) is 6.00. The van der Waals surface area contributed by atoms with Crippen molar-refractivity contribution in [2.75, 3.05) is 23.1 Å². The van der Waals surface area contributed by atoms with Crippen molar-refractivity contribution in [1.29, 1.82) is 0 Å². The van der Waals surface area contributed by atoms with E-state index in [4.69, 9.17) is 0 Å². The molecule has 1 amide bonds. The van der Waals surface area contributed by atoms with Crippen LogP contribution >= 0.6 is 0 Å². The van der Waals surface area contributed by atoms with Crippen LogP contribution in [0, 0.1) is 19.8 Å². The number of rotatable bonds is 7. The van der Waals surface area contributed by atoms with Crippen molar-refractivity contribution >= 4 is 37.6 Å². The predicted molar refractivity (Wildman–Crippen MR) is 140 cm³/mol. The molecule has 1 aliphatic heterocycles. The second-order valence-corrected chi connectivity index (χ2v) is 12.8. The molecule has 196 valence electrons. The summed E-state index contributed by atoms with van der Waals surface area (Å²) < 4.78 is 55.1. The first-order chi connectivity index (χ1) is 17.4. The zero-order valence-corrected chi connectivity index (χ0v) is 22.4. The number of aryl methyl sites for hydroxylation is 2. The van der Waals surface area contributed by atoms with E-state index in [1.54, 1.807) is 19.9 Å². The highest BCUT2D eigenvalue weighted by molar-refractivity contribution is 7.92. The van der Waals surface area contributed by atoms with Crippen molar-refractivity contribution < 1.29 is 21.6 Å². The molecular formula is C25H29N5O5S2. The average Bonchev–Trinajstić information content (AvgIpc) is 2.83. The second kappa shape index (κ2) is 10.6. The number of benzene rings is 2. The summed E-state index contributed by atoms with van der Waals surface area (Å²) in [6, 6.07) is 13.2. The van der Waals surface area contributed by atoms with Crippen molar-refractivity contribution in [3.8, 4) is 0 Å². The van der Waals surface area contributed by atoms with E-state index in [2.05, 4.69) is 20.0 Å². The van der Waals surface area contributed by atoms with E-state index in [0.717, 1.165) is 12.8 Å². The number of amides is 1. The van der Waals surface area contributed by atoms with Gasteiger partial charge in [-0.05, 0) is 87.2 Å². The number of carbonyl (C=O) groups is 1. The molecule has 12 heteroatoms. The minimum absolute atomic E-state index is 0.0184. The van der Waals surface area contributed by atoms with Crippen LogP contribution in [0.1, 0.15) is 41.5 Å². The Morgan fingerprint density at radius 3 is 2.11 bits per heavy atom. The number of nitrogens with zero attached hydrogens (tertiary/aromatic N) is 3. The highest BCUT2D eigenvalue weighted by Gasteiger charge is 2.28. The van der Waals surface area contributed by atoms with Crippen LogP contribution in [0.5, 0.6) is 0 Å². The Labute approximate surface area is 217 Å². The number of sulfonamides is 2. The molecule has 2 aromatic carbocycles. The van der Waals surface area contributed by atoms with Crippen LogP contribution in [-0.4, -0.2) is 50.1 Å². The molecule has 3 aromatic rings. The fraction of sp³-hybridized carbons (Fsp3) is 0.320. The lowest BCUT2D eigenvalue weighted by atomic mass is 10.0. The maximum absolute atomic E-state index is 12.9. The summed E-state index contributed by atoms with van der Waals surface area (Å²) in [7, 11) is -7.54. The lowest BCUT2D eigenvalue weighted by molar-refractivity contribution is 0.102. The van der Waals surface area contributed by atoms with Gasteiger partial charge in [-0.2, -0.15) is 4.31 Å². The Kier molecular flexibility index (Phi) is 7.62. The van der Waals surface area contributed by atoms with Crippen LogP contribution in [0.4, 0.5) is 11.6 Å². The summed E-state index contributed by atoms with van der Waals surface area (Å²) >= 11 is 0. The van der Waals surface area contributed by atoms with Gasteiger partial charge in [-0.25, -0.2) is 31.5 Å². The van der Waals surface area contributed by atoms with Crippen molar-refractivity contribution in [3.05, 3.63) is 71.5 Å². The van der Waals surface area contributed by atoms with E-state index in [9.17, 15) is 21.6 Å². The van der Waals surface area contributed by atoms with Gasteiger partial charge in [0.25, 0.3) is 15.9 Å². The monoisotopic (exact) mass is 543 g/mol. The first-order valence-corrected chi connectivity index (χ1v) is 14.7. The van der Waals surface area contributed by atoms with E-state index >= 15 is 0 Å². The largest absolute Gasteiger partial charge is 0.322 e. The van der Waals surface area contributed by atoms with Gasteiger partial charge in [0, 0.05) is 35.7 Å². The van der Waals surface area contributed by atoms with Gasteiger partial charge in [0.1, 0.15) is 0 Å². The van der Waals surface area contributed by atoms with Crippen molar-refractivity contribution in [2.24, 2.45) is 5.92 Å². The molecule has 0 bridgehead atoms. The minimum Gasteiger partial charge on any atom is -0.322 e. The lowest BCUT2D eigenvalue weighted by Crippen LogP contribution is -2.39. The van der Waals surface area contributed by atoms with Gasteiger partial charge in [-0.15, -0.1) is 0 Å². The molecule has 1 fully saturated rings. The molecule has 0 spiro atoms. The highest BCUT2D eigenvalue weighted by Crippen LogP contribution is 2.24. The summed E-state index contributed by atoms with van der Waals surface area (Å²) in [5, 5.41) is 2.69. The van der Waals surface area contributed by atoms with E-state index in [1.807, 2.05) is 6.92 Å². The number of piperidine rings is 1. The van der Waals surface area contributed by atoms with Crippen LogP contribution in [0.15, 0.2) is 64.4 Å². The number of anilines is 2. The van der Waals surface area contributed by atoms with Crippen molar-refractivity contribution in [1.82, 2.24) is 14.3 Å². The normalized spacial score (nSPS) is 16.8. The first kappa shape index (κ1) is 26.7. The summed E-state index contributed by atoms with van der Waals surface area (Å²) in [6.45, 7) is 6.50. The Morgan fingerprint density at radius 1 is 0.919 bits per heavy atom. The van der Waals surface area contributed by atoms with Crippen molar-refractivity contribution in [2.45, 2.75) is 43.4 Å². The summed E-state index contributed by atoms with van der Waals surface area (Å²) in [5.74, 6) is -0.158. The summed E-state index contributed by atoms with van der Waals surface area (Å²) in [5.41, 5.74) is 1.92. The molecule has 1 aliphatic rings. The first-order valence-electron chi connectivity index (χ1n) is 11.8. The molecule has 37 heavy (non-hydrogen) atoms. The van der Waals surface area contributed by atoms with Crippen LogP contribution in [0.25, 0.3) is 0 Å². The average molecular weight is 544 g/mol. The topological polar surface area (TPSA) is 138 Å². The molecule has 0 aliphatic carbocycles. The molecule has 1 saturated heterocycles. The van der Waals surface area contributed by atoms with Crippen LogP contribution < -0.4 is 10.0 Å². The molecular weight excluding hydrogens is 514 g/mol. The lowest BCUT2D eigenvalue weighted by Gasteiger charge is -2.30. The van der Waals surface area contributed by atoms with E-state index < -0.39 is 26.0 Å². The minimum atomic E-state index is -3.92. The molecule has 4 rings (SSSR count). The zero-order valence-electron chi connectivity index (χ0n) is 20.8. The maximum atomic E-state index is 12.9. The molecule has 0 unspecified atom stereocenters. The number of carbonyl (C=O) groups excluding carboxylic acids is 1. The smallest absolute Gasteiger partial charge is 0.264 e. The molecule has 1 aromatic heterocycles. The number of nitrogens with one attached hydrogen (secondary N) is 2. The molecule has 0 radical (unpaired) electrons. The van der Waals surface area contributed by atoms with E-state index in [0.29, 0.717) is 36.1 Å². The molecule has 10 nitrogen and oxygen atoms in total. The Hall–Kier alpha value is -3.35. The SMILES string of the molecule is Cc1cc(C)nc(NS(=O)(=O)c2ccc(NC(=O)c3ccc(S(=O)(=O)N4CCC[C@H](C)C4)cc3)cc2)n1. The Balaban J connectivity index is 1.42. The van der Waals surface area contributed by atoms with Gasteiger partial charge in [0.2, 0.25) is 16.0 Å². The molecule has 0 saturated carbocycles. The van der Waals surface area contributed by atoms with Crippen LogP contribution in [0.3, 0.4) is 0 Å². The zero-order chi connectivity index (χ0) is 26.8. The van der Waals surface area contributed by atoms with Gasteiger partial charge < -0.3 is 5.32 Å².